The van der Waals surface area contributed by atoms with Crippen LogP contribution in [0.2, 0.25) is 0 Å². The summed E-state index contributed by atoms with van der Waals surface area (Å²) < 4.78 is 0. The molecule has 1 aromatic carbocycles. The molecule has 0 amide bonds. The van der Waals surface area contributed by atoms with Gasteiger partial charge >= 0.3 is 0 Å². The van der Waals surface area contributed by atoms with Crippen molar-refractivity contribution >= 4 is 11.8 Å². The van der Waals surface area contributed by atoms with Gasteiger partial charge in [0.2, 0.25) is 0 Å². The molecule has 1 aliphatic rings. The normalized spacial score (nSPS) is 25.3. The van der Waals surface area contributed by atoms with Crippen LogP contribution in [-0.2, 0) is 0 Å². The maximum absolute atomic E-state index is 9.51. The second kappa shape index (κ2) is 6.60. The van der Waals surface area contributed by atoms with E-state index in [9.17, 15) is 5.11 Å². The molecule has 3 heteroatoms. The quantitative estimate of drug-likeness (QED) is 0.802. The predicted octanol–water partition coefficient (Wildman–Crippen LogP) is 3.22. The molecule has 1 aromatic rings. The summed E-state index contributed by atoms with van der Waals surface area (Å²) in [5.74, 6) is 0.646. The van der Waals surface area contributed by atoms with Crippen molar-refractivity contribution in [2.45, 2.75) is 43.2 Å². The molecule has 1 saturated carbocycles. The van der Waals surface area contributed by atoms with Crippen LogP contribution in [0.1, 0.15) is 37.8 Å². The average molecular weight is 265 g/mol. The summed E-state index contributed by atoms with van der Waals surface area (Å²) in [4.78, 5) is 1.31. The molecule has 3 atom stereocenters. The molecular formula is C15H23NOS. The molecule has 2 nitrogen and oxygen atoms in total. The Morgan fingerprint density at radius 2 is 2.06 bits per heavy atom. The van der Waals surface area contributed by atoms with Gasteiger partial charge in [-0.05, 0) is 62.6 Å². The first-order valence-electron chi connectivity index (χ1n) is 6.74. The minimum absolute atomic E-state index is 0.0621. The number of aliphatic hydroxyl groups excluding tert-OH is 1. The van der Waals surface area contributed by atoms with E-state index in [2.05, 4.69) is 42.8 Å². The Morgan fingerprint density at radius 3 is 2.61 bits per heavy atom. The van der Waals surface area contributed by atoms with E-state index in [-0.39, 0.29) is 6.10 Å². The summed E-state index contributed by atoms with van der Waals surface area (Å²) >= 11 is 1.78. The Balaban J connectivity index is 1.81. The third-order valence-electron chi connectivity index (χ3n) is 3.84. The highest BCUT2D eigenvalue weighted by Gasteiger charge is 2.22. The van der Waals surface area contributed by atoms with E-state index in [0.29, 0.717) is 12.0 Å². The van der Waals surface area contributed by atoms with Crippen LogP contribution < -0.4 is 5.32 Å². The van der Waals surface area contributed by atoms with E-state index in [1.54, 1.807) is 11.8 Å². The molecular weight excluding hydrogens is 242 g/mol. The molecule has 0 heterocycles. The average Bonchev–Trinajstić information content (AvgIpc) is 2.82. The zero-order valence-corrected chi connectivity index (χ0v) is 12.0. The lowest BCUT2D eigenvalue weighted by molar-refractivity contribution is 0.177. The minimum Gasteiger partial charge on any atom is -0.393 e. The number of benzene rings is 1. The van der Waals surface area contributed by atoms with Gasteiger partial charge in [0, 0.05) is 10.9 Å². The van der Waals surface area contributed by atoms with Crippen LogP contribution in [-0.4, -0.2) is 24.0 Å². The molecule has 18 heavy (non-hydrogen) atoms. The van der Waals surface area contributed by atoms with E-state index < -0.39 is 0 Å². The highest BCUT2D eigenvalue weighted by Crippen LogP contribution is 2.25. The van der Waals surface area contributed by atoms with Gasteiger partial charge in [-0.1, -0.05) is 12.1 Å². The van der Waals surface area contributed by atoms with Gasteiger partial charge in [-0.25, -0.2) is 0 Å². The monoisotopic (exact) mass is 265 g/mol. The summed E-state index contributed by atoms with van der Waals surface area (Å²) in [6, 6.07) is 9.15. The van der Waals surface area contributed by atoms with E-state index in [0.717, 1.165) is 25.8 Å². The lowest BCUT2D eigenvalue weighted by Crippen LogP contribution is -2.25. The molecule has 0 radical (unpaired) electrons. The molecule has 1 aliphatic carbocycles. The number of hydrogen-bond donors (Lipinski definition) is 2. The SMILES string of the molecule is CSc1ccc(C(C)NCC2CCC(O)C2)cc1. The highest BCUT2D eigenvalue weighted by atomic mass is 32.2. The van der Waals surface area contributed by atoms with Gasteiger partial charge < -0.3 is 10.4 Å². The van der Waals surface area contributed by atoms with Crippen molar-refractivity contribution in [2.24, 2.45) is 5.92 Å². The molecule has 1 fully saturated rings. The molecule has 3 unspecified atom stereocenters. The van der Waals surface area contributed by atoms with Gasteiger partial charge in [0.1, 0.15) is 0 Å². The van der Waals surface area contributed by atoms with Crippen LogP contribution >= 0.6 is 11.8 Å². The first-order chi connectivity index (χ1) is 8.69. The number of hydrogen-bond acceptors (Lipinski definition) is 3. The van der Waals surface area contributed by atoms with Gasteiger partial charge in [-0.2, -0.15) is 0 Å². The fourth-order valence-corrected chi connectivity index (χ4v) is 3.00. The Labute approximate surface area is 114 Å². The molecule has 0 bridgehead atoms. The number of thioether (sulfide) groups is 1. The van der Waals surface area contributed by atoms with Crippen LogP contribution in [0.15, 0.2) is 29.2 Å². The van der Waals surface area contributed by atoms with Crippen LogP contribution in [0.4, 0.5) is 0 Å². The van der Waals surface area contributed by atoms with Gasteiger partial charge in [0.05, 0.1) is 6.10 Å². The molecule has 0 spiro atoms. The van der Waals surface area contributed by atoms with Crippen LogP contribution in [0.5, 0.6) is 0 Å². The van der Waals surface area contributed by atoms with Crippen LogP contribution in [0, 0.1) is 5.92 Å². The standard InChI is InChI=1S/C15H23NOS/c1-11(13-4-7-15(18-2)8-5-13)16-10-12-3-6-14(17)9-12/h4-5,7-8,11-12,14,16-17H,3,6,9-10H2,1-2H3. The Hall–Kier alpha value is -0.510. The lowest BCUT2D eigenvalue weighted by atomic mass is 10.1. The second-order valence-electron chi connectivity index (χ2n) is 5.24. The number of aliphatic hydroxyl groups is 1. The van der Waals surface area contributed by atoms with E-state index in [1.807, 2.05) is 0 Å². The van der Waals surface area contributed by atoms with E-state index in [4.69, 9.17) is 0 Å². The molecule has 100 valence electrons. The minimum atomic E-state index is -0.0621. The second-order valence-corrected chi connectivity index (χ2v) is 6.12. The van der Waals surface area contributed by atoms with Gasteiger partial charge in [0.15, 0.2) is 0 Å². The first-order valence-corrected chi connectivity index (χ1v) is 7.97. The number of rotatable bonds is 5. The molecule has 0 aliphatic heterocycles. The summed E-state index contributed by atoms with van der Waals surface area (Å²) in [6.07, 6.45) is 5.14. The van der Waals surface area contributed by atoms with Crippen molar-refractivity contribution in [3.8, 4) is 0 Å². The first kappa shape index (κ1) is 13.9. The van der Waals surface area contributed by atoms with Gasteiger partial charge in [0.25, 0.3) is 0 Å². The Bertz CT molecular complexity index is 365. The predicted molar refractivity (Wildman–Crippen MR) is 78.0 cm³/mol. The van der Waals surface area contributed by atoms with Crippen LogP contribution in [0.3, 0.4) is 0 Å². The van der Waals surface area contributed by atoms with Crippen molar-refractivity contribution in [2.75, 3.05) is 12.8 Å². The topological polar surface area (TPSA) is 32.3 Å². The van der Waals surface area contributed by atoms with Gasteiger partial charge in [-0.3, -0.25) is 0 Å². The zero-order chi connectivity index (χ0) is 13.0. The Morgan fingerprint density at radius 1 is 1.33 bits per heavy atom. The number of nitrogens with one attached hydrogen (secondary N) is 1. The van der Waals surface area contributed by atoms with Crippen molar-refractivity contribution < 1.29 is 5.11 Å². The summed E-state index contributed by atoms with van der Waals surface area (Å²) in [7, 11) is 0. The largest absolute Gasteiger partial charge is 0.393 e. The fourth-order valence-electron chi connectivity index (χ4n) is 2.59. The highest BCUT2D eigenvalue weighted by molar-refractivity contribution is 7.98. The fraction of sp³-hybridized carbons (Fsp3) is 0.600. The molecule has 0 saturated heterocycles. The third kappa shape index (κ3) is 3.74. The zero-order valence-electron chi connectivity index (χ0n) is 11.2. The van der Waals surface area contributed by atoms with E-state index in [1.165, 1.54) is 10.5 Å². The lowest BCUT2D eigenvalue weighted by Gasteiger charge is -2.17. The summed E-state index contributed by atoms with van der Waals surface area (Å²) in [6.45, 7) is 3.22. The van der Waals surface area contributed by atoms with Crippen molar-refractivity contribution in [1.29, 1.82) is 0 Å². The smallest absolute Gasteiger partial charge is 0.0543 e. The van der Waals surface area contributed by atoms with E-state index >= 15 is 0 Å². The summed E-state index contributed by atoms with van der Waals surface area (Å²) in [5, 5.41) is 13.1. The summed E-state index contributed by atoms with van der Waals surface area (Å²) in [5.41, 5.74) is 1.34. The molecule has 2 N–H and O–H groups in total. The maximum Gasteiger partial charge on any atom is 0.0543 e. The Kier molecular flexibility index (Phi) is 5.10. The van der Waals surface area contributed by atoms with Crippen molar-refractivity contribution in [3.05, 3.63) is 29.8 Å². The molecule has 2 rings (SSSR count). The van der Waals surface area contributed by atoms with Crippen molar-refractivity contribution in [3.63, 3.8) is 0 Å². The third-order valence-corrected chi connectivity index (χ3v) is 4.59. The van der Waals surface area contributed by atoms with Gasteiger partial charge in [-0.15, -0.1) is 11.8 Å². The van der Waals surface area contributed by atoms with Crippen LogP contribution in [0.25, 0.3) is 0 Å². The molecule has 0 aromatic heterocycles. The van der Waals surface area contributed by atoms with Crippen molar-refractivity contribution in [1.82, 2.24) is 5.32 Å². The maximum atomic E-state index is 9.51.